The lowest BCUT2D eigenvalue weighted by atomic mass is 10.1. The molecule has 0 spiro atoms. The van der Waals surface area contributed by atoms with E-state index in [1.54, 1.807) is 13.8 Å². The third-order valence-electron chi connectivity index (χ3n) is 3.29. The smallest absolute Gasteiger partial charge is 0.396 e. The predicted octanol–water partition coefficient (Wildman–Crippen LogP) is 2.31. The summed E-state index contributed by atoms with van der Waals surface area (Å²) in [5.41, 5.74) is -0.796. The zero-order valence-electron chi connectivity index (χ0n) is 11.9. The first-order chi connectivity index (χ1) is 9.49. The van der Waals surface area contributed by atoms with Crippen LogP contribution in [-0.2, 0) is 16.2 Å². The van der Waals surface area contributed by atoms with Crippen molar-refractivity contribution >= 4 is 10.0 Å². The number of halogens is 3. The van der Waals surface area contributed by atoms with E-state index in [-0.39, 0.29) is 18.1 Å². The van der Waals surface area contributed by atoms with Crippen LogP contribution < -0.4 is 4.72 Å². The first-order valence-electron chi connectivity index (χ1n) is 6.30. The van der Waals surface area contributed by atoms with Crippen LogP contribution in [0.15, 0.2) is 23.1 Å². The Morgan fingerprint density at radius 2 is 1.86 bits per heavy atom. The molecule has 2 N–H and O–H groups in total. The molecule has 0 heterocycles. The quantitative estimate of drug-likeness (QED) is 0.873. The Balaban J connectivity index is 3.19. The van der Waals surface area contributed by atoms with Gasteiger partial charge >= 0.3 is 6.18 Å². The Morgan fingerprint density at radius 3 is 2.33 bits per heavy atom. The highest BCUT2D eigenvalue weighted by molar-refractivity contribution is 7.89. The average Bonchev–Trinajstić information content (AvgIpc) is 2.35. The Bertz CT molecular complexity index is 599. The van der Waals surface area contributed by atoms with E-state index in [4.69, 9.17) is 5.11 Å². The third-order valence-corrected chi connectivity index (χ3v) is 4.99. The molecular weight excluding hydrogens is 307 g/mol. The summed E-state index contributed by atoms with van der Waals surface area (Å²) in [4.78, 5) is -0.408. The van der Waals surface area contributed by atoms with Gasteiger partial charge in [-0.3, -0.25) is 0 Å². The maximum Gasteiger partial charge on any atom is 0.416 e. The molecule has 1 aromatic carbocycles. The molecule has 1 aromatic rings. The van der Waals surface area contributed by atoms with Crippen LogP contribution in [0.25, 0.3) is 0 Å². The minimum atomic E-state index is -4.61. The first-order valence-corrected chi connectivity index (χ1v) is 7.78. The predicted molar refractivity (Wildman–Crippen MR) is 72.2 cm³/mol. The van der Waals surface area contributed by atoms with E-state index in [0.717, 1.165) is 12.1 Å². The van der Waals surface area contributed by atoms with Gasteiger partial charge in [0.2, 0.25) is 10.0 Å². The van der Waals surface area contributed by atoms with E-state index in [9.17, 15) is 21.6 Å². The number of aryl methyl sites for hydroxylation is 1. The molecule has 2 atom stereocenters. The highest BCUT2D eigenvalue weighted by Gasteiger charge is 2.32. The van der Waals surface area contributed by atoms with Gasteiger partial charge in [0.1, 0.15) is 0 Å². The summed E-state index contributed by atoms with van der Waals surface area (Å²) < 4.78 is 64.7. The van der Waals surface area contributed by atoms with Gasteiger partial charge in [0.15, 0.2) is 0 Å². The maximum atomic E-state index is 12.7. The van der Waals surface area contributed by atoms with Crippen LogP contribution in [0.2, 0.25) is 0 Å². The average molecular weight is 325 g/mol. The molecule has 0 radical (unpaired) electrons. The molecule has 0 aliphatic rings. The molecule has 21 heavy (non-hydrogen) atoms. The van der Waals surface area contributed by atoms with Gasteiger partial charge in [-0.25, -0.2) is 13.1 Å². The summed E-state index contributed by atoms with van der Waals surface area (Å²) in [6, 6.07) is 1.98. The zero-order valence-corrected chi connectivity index (χ0v) is 12.7. The summed E-state index contributed by atoms with van der Waals surface area (Å²) in [6.07, 6.45) is -4.61. The summed E-state index contributed by atoms with van der Waals surface area (Å²) in [5.74, 6) is -0.356. The van der Waals surface area contributed by atoms with Crippen LogP contribution >= 0.6 is 0 Å². The Hall–Kier alpha value is -1.12. The molecule has 0 aromatic heterocycles. The van der Waals surface area contributed by atoms with Gasteiger partial charge in [-0.2, -0.15) is 13.2 Å². The second-order valence-corrected chi connectivity index (χ2v) is 6.73. The maximum absolute atomic E-state index is 12.7. The van der Waals surface area contributed by atoms with E-state index in [1.807, 2.05) is 0 Å². The molecule has 8 heteroatoms. The summed E-state index contributed by atoms with van der Waals surface area (Å²) in [5, 5.41) is 8.99. The number of rotatable bonds is 5. The van der Waals surface area contributed by atoms with E-state index in [1.165, 1.54) is 6.92 Å². The fraction of sp³-hybridized carbons (Fsp3) is 0.538. The van der Waals surface area contributed by atoms with E-state index >= 15 is 0 Å². The van der Waals surface area contributed by atoms with E-state index in [0.29, 0.717) is 6.07 Å². The molecule has 0 aliphatic carbocycles. The van der Waals surface area contributed by atoms with E-state index < -0.39 is 32.7 Å². The van der Waals surface area contributed by atoms with Crippen molar-refractivity contribution in [1.29, 1.82) is 0 Å². The number of alkyl halides is 3. The third kappa shape index (κ3) is 4.42. The van der Waals surface area contributed by atoms with Crippen molar-refractivity contribution in [3.05, 3.63) is 29.3 Å². The fourth-order valence-corrected chi connectivity index (χ4v) is 3.27. The fourth-order valence-electron chi connectivity index (χ4n) is 1.65. The van der Waals surface area contributed by atoms with Crippen molar-refractivity contribution in [2.24, 2.45) is 5.92 Å². The number of hydrogen-bond acceptors (Lipinski definition) is 3. The Labute approximate surface area is 122 Å². The second kappa shape index (κ2) is 6.33. The van der Waals surface area contributed by atoms with Gasteiger partial charge in [-0.1, -0.05) is 13.0 Å². The highest BCUT2D eigenvalue weighted by Crippen LogP contribution is 2.31. The van der Waals surface area contributed by atoms with Gasteiger partial charge in [-0.05, 0) is 37.5 Å². The molecule has 0 saturated heterocycles. The number of aliphatic hydroxyl groups is 1. The molecule has 0 aliphatic heterocycles. The van der Waals surface area contributed by atoms with Crippen molar-refractivity contribution in [1.82, 2.24) is 4.72 Å². The van der Waals surface area contributed by atoms with Crippen molar-refractivity contribution in [3.63, 3.8) is 0 Å². The van der Waals surface area contributed by atoms with Crippen LogP contribution in [0, 0.1) is 12.8 Å². The van der Waals surface area contributed by atoms with Crippen molar-refractivity contribution in [3.8, 4) is 0 Å². The van der Waals surface area contributed by atoms with Gasteiger partial charge in [-0.15, -0.1) is 0 Å². The van der Waals surface area contributed by atoms with Crippen LogP contribution in [0.4, 0.5) is 13.2 Å². The van der Waals surface area contributed by atoms with Crippen molar-refractivity contribution in [2.75, 3.05) is 6.61 Å². The Kier molecular flexibility index (Phi) is 5.40. The van der Waals surface area contributed by atoms with Crippen LogP contribution in [0.5, 0.6) is 0 Å². The number of sulfonamides is 1. The van der Waals surface area contributed by atoms with Crippen LogP contribution in [0.1, 0.15) is 25.0 Å². The van der Waals surface area contributed by atoms with Gasteiger partial charge < -0.3 is 5.11 Å². The molecule has 120 valence electrons. The normalized spacial score (nSPS) is 15.8. The minimum absolute atomic E-state index is 0.222. The molecule has 1 rings (SSSR count). The topological polar surface area (TPSA) is 66.4 Å². The molecule has 4 nitrogen and oxygen atoms in total. The van der Waals surface area contributed by atoms with Gasteiger partial charge in [0.25, 0.3) is 0 Å². The van der Waals surface area contributed by atoms with Crippen LogP contribution in [0.3, 0.4) is 0 Å². The molecule has 0 bridgehead atoms. The number of nitrogens with one attached hydrogen (secondary N) is 1. The summed E-state index contributed by atoms with van der Waals surface area (Å²) >= 11 is 0. The van der Waals surface area contributed by atoms with Crippen molar-refractivity contribution in [2.45, 2.75) is 37.9 Å². The number of benzene rings is 1. The lowest BCUT2D eigenvalue weighted by Crippen LogP contribution is -2.38. The highest BCUT2D eigenvalue weighted by atomic mass is 32.2. The number of hydrogen-bond donors (Lipinski definition) is 2. The zero-order chi connectivity index (χ0) is 16.4. The van der Waals surface area contributed by atoms with Crippen molar-refractivity contribution < 1.29 is 26.7 Å². The SMILES string of the molecule is Cc1ccc(C(F)(F)F)cc1S(=O)(=O)NC(C)C(C)CO. The Morgan fingerprint density at radius 1 is 1.29 bits per heavy atom. The monoisotopic (exact) mass is 325 g/mol. The van der Waals surface area contributed by atoms with Crippen LogP contribution in [-0.4, -0.2) is 26.2 Å². The number of aliphatic hydroxyl groups excluding tert-OH is 1. The minimum Gasteiger partial charge on any atom is -0.396 e. The molecule has 0 amide bonds. The lowest BCUT2D eigenvalue weighted by molar-refractivity contribution is -0.137. The molecule has 2 unspecified atom stereocenters. The summed E-state index contributed by atoms with van der Waals surface area (Å²) in [6.45, 7) is 4.37. The first kappa shape index (κ1) is 17.9. The summed E-state index contributed by atoms with van der Waals surface area (Å²) in [7, 11) is -4.09. The largest absolute Gasteiger partial charge is 0.416 e. The lowest BCUT2D eigenvalue weighted by Gasteiger charge is -2.20. The standard InChI is InChI=1S/C13H18F3NO3S/c1-8-4-5-11(13(14,15)16)6-12(8)21(19,20)17-10(3)9(2)7-18/h4-6,9-10,17-18H,7H2,1-3H3. The molecule has 0 fully saturated rings. The molecular formula is C13H18F3NO3S. The molecule has 0 saturated carbocycles. The van der Waals surface area contributed by atoms with E-state index in [2.05, 4.69) is 4.72 Å². The van der Waals surface area contributed by atoms with Gasteiger partial charge in [0.05, 0.1) is 10.5 Å². The second-order valence-electron chi connectivity index (χ2n) is 5.05. The van der Waals surface area contributed by atoms with Gasteiger partial charge in [0, 0.05) is 12.6 Å².